The van der Waals surface area contributed by atoms with Crippen LogP contribution in [0.15, 0.2) is 106 Å². The fourth-order valence-electron chi connectivity index (χ4n) is 3.81. The van der Waals surface area contributed by atoms with E-state index in [2.05, 4.69) is 15.5 Å². The van der Waals surface area contributed by atoms with Crippen LogP contribution >= 0.6 is 0 Å². The third kappa shape index (κ3) is 8.18. The van der Waals surface area contributed by atoms with Gasteiger partial charge in [0.05, 0.1) is 17.1 Å². The average molecular weight is 459 g/mol. The van der Waals surface area contributed by atoms with E-state index in [0.717, 1.165) is 16.7 Å². The SMILES string of the molecule is O/N=C(\Cc1ccccc1)CN(C/C(Cc1ccccc1)=N/O)C/C(Cc1ccccc1)=N/O. The molecule has 0 aliphatic carbocycles. The Labute approximate surface area is 200 Å². The van der Waals surface area contributed by atoms with Crippen LogP contribution in [0.3, 0.4) is 0 Å². The monoisotopic (exact) mass is 458 g/mol. The molecule has 3 N–H and O–H groups in total. The van der Waals surface area contributed by atoms with Crippen LogP contribution in [0.5, 0.6) is 0 Å². The lowest BCUT2D eigenvalue weighted by molar-refractivity contribution is 0.299. The molecule has 0 aliphatic rings. The first-order valence-corrected chi connectivity index (χ1v) is 11.1. The summed E-state index contributed by atoms with van der Waals surface area (Å²) in [5, 5.41) is 39.7. The minimum Gasteiger partial charge on any atom is -0.411 e. The maximum atomic E-state index is 9.69. The van der Waals surface area contributed by atoms with E-state index in [9.17, 15) is 15.6 Å². The molecule has 3 rings (SSSR count). The van der Waals surface area contributed by atoms with Crippen LogP contribution in [0.1, 0.15) is 16.7 Å². The van der Waals surface area contributed by atoms with Crippen molar-refractivity contribution < 1.29 is 15.6 Å². The van der Waals surface area contributed by atoms with E-state index < -0.39 is 0 Å². The second kappa shape index (κ2) is 13.5. The second-order valence-corrected chi connectivity index (χ2v) is 8.13. The molecule has 0 unspecified atom stereocenters. The molecule has 0 aromatic heterocycles. The predicted octanol–water partition coefficient (Wildman–Crippen LogP) is 4.51. The normalized spacial score (nSPS) is 12.8. The molecule has 0 bridgehead atoms. The first-order chi connectivity index (χ1) is 16.7. The number of hydrogen-bond acceptors (Lipinski definition) is 7. The van der Waals surface area contributed by atoms with Gasteiger partial charge in [-0.3, -0.25) is 4.90 Å². The van der Waals surface area contributed by atoms with Crippen molar-refractivity contribution in [1.82, 2.24) is 4.90 Å². The molecule has 0 saturated heterocycles. The van der Waals surface area contributed by atoms with Gasteiger partial charge in [0.2, 0.25) is 0 Å². The van der Waals surface area contributed by atoms with Crippen molar-refractivity contribution in [3.8, 4) is 0 Å². The van der Waals surface area contributed by atoms with Crippen molar-refractivity contribution in [2.24, 2.45) is 15.5 Å². The summed E-state index contributed by atoms with van der Waals surface area (Å²) in [6, 6.07) is 29.3. The maximum absolute atomic E-state index is 9.69. The van der Waals surface area contributed by atoms with Crippen LogP contribution in [-0.4, -0.2) is 57.3 Å². The summed E-state index contributed by atoms with van der Waals surface area (Å²) < 4.78 is 0. The molecule has 176 valence electrons. The van der Waals surface area contributed by atoms with Gasteiger partial charge in [0.1, 0.15) is 0 Å². The van der Waals surface area contributed by atoms with Gasteiger partial charge < -0.3 is 15.6 Å². The van der Waals surface area contributed by atoms with Crippen molar-refractivity contribution in [2.75, 3.05) is 19.6 Å². The van der Waals surface area contributed by atoms with Crippen molar-refractivity contribution >= 4 is 17.1 Å². The van der Waals surface area contributed by atoms with Crippen LogP contribution in [0.2, 0.25) is 0 Å². The highest BCUT2D eigenvalue weighted by molar-refractivity contribution is 5.93. The molecule has 0 heterocycles. The molecule has 0 radical (unpaired) electrons. The van der Waals surface area contributed by atoms with E-state index in [1.807, 2.05) is 95.9 Å². The van der Waals surface area contributed by atoms with Crippen molar-refractivity contribution in [3.05, 3.63) is 108 Å². The Morgan fingerprint density at radius 2 is 0.735 bits per heavy atom. The van der Waals surface area contributed by atoms with Gasteiger partial charge in [-0.25, -0.2) is 0 Å². The summed E-state index contributed by atoms with van der Waals surface area (Å²) in [4.78, 5) is 1.95. The molecular weight excluding hydrogens is 428 g/mol. The van der Waals surface area contributed by atoms with Gasteiger partial charge in [-0.15, -0.1) is 0 Å². The zero-order valence-electron chi connectivity index (χ0n) is 19.0. The molecule has 7 heteroatoms. The van der Waals surface area contributed by atoms with E-state index in [4.69, 9.17) is 0 Å². The fraction of sp³-hybridized carbons (Fsp3) is 0.222. The zero-order valence-corrected chi connectivity index (χ0v) is 19.0. The van der Waals surface area contributed by atoms with Gasteiger partial charge in [-0.1, -0.05) is 106 Å². The topological polar surface area (TPSA) is 101 Å². The first kappa shape index (κ1) is 24.7. The van der Waals surface area contributed by atoms with Gasteiger partial charge in [0, 0.05) is 38.9 Å². The lowest BCUT2D eigenvalue weighted by Crippen LogP contribution is -2.40. The molecule has 0 atom stereocenters. The lowest BCUT2D eigenvalue weighted by Gasteiger charge is -2.23. The van der Waals surface area contributed by atoms with Gasteiger partial charge in [0.15, 0.2) is 0 Å². The summed E-state index contributed by atoms with van der Waals surface area (Å²) >= 11 is 0. The van der Waals surface area contributed by atoms with Crippen LogP contribution in [-0.2, 0) is 19.3 Å². The summed E-state index contributed by atoms with van der Waals surface area (Å²) in [6.45, 7) is 0.938. The molecule has 3 aromatic rings. The van der Waals surface area contributed by atoms with Crippen LogP contribution < -0.4 is 0 Å². The summed E-state index contributed by atoms with van der Waals surface area (Å²) in [5.74, 6) is 0. The minimum atomic E-state index is 0.313. The maximum Gasteiger partial charge on any atom is 0.0754 e. The third-order valence-electron chi connectivity index (χ3n) is 5.40. The molecule has 0 saturated carbocycles. The smallest absolute Gasteiger partial charge is 0.0754 e. The summed E-state index contributed by atoms with van der Waals surface area (Å²) in [7, 11) is 0. The van der Waals surface area contributed by atoms with Gasteiger partial charge in [0.25, 0.3) is 0 Å². The van der Waals surface area contributed by atoms with Crippen LogP contribution in [0, 0.1) is 0 Å². The van der Waals surface area contributed by atoms with Gasteiger partial charge in [-0.2, -0.15) is 0 Å². The van der Waals surface area contributed by atoms with E-state index in [1.165, 1.54) is 0 Å². The molecule has 3 aromatic carbocycles. The summed E-state index contributed by atoms with van der Waals surface area (Å²) in [6.07, 6.45) is 1.42. The summed E-state index contributed by atoms with van der Waals surface area (Å²) in [5.41, 5.74) is 4.74. The average Bonchev–Trinajstić information content (AvgIpc) is 2.89. The standard InChI is InChI=1S/C27H30N4O3/c32-28-25(16-22-10-4-1-5-11-22)19-31(20-26(29-33)17-23-12-6-2-7-13-23)21-27(30-34)18-24-14-8-3-9-15-24/h1-15,32-34H,16-21H2/b28-25+,29-26+,30-27+. The highest BCUT2D eigenvalue weighted by Gasteiger charge is 2.17. The predicted molar refractivity (Wildman–Crippen MR) is 135 cm³/mol. The molecule has 7 nitrogen and oxygen atoms in total. The molecule has 34 heavy (non-hydrogen) atoms. The first-order valence-electron chi connectivity index (χ1n) is 11.1. The number of nitrogens with zero attached hydrogens (tertiary/aromatic N) is 4. The molecule has 0 amide bonds. The highest BCUT2D eigenvalue weighted by Crippen LogP contribution is 2.08. The van der Waals surface area contributed by atoms with Gasteiger partial charge in [-0.05, 0) is 16.7 Å². The molecular formula is C27H30N4O3. The Morgan fingerprint density at radius 3 is 0.971 bits per heavy atom. The van der Waals surface area contributed by atoms with E-state index in [0.29, 0.717) is 56.0 Å². The minimum absolute atomic E-state index is 0.313. The highest BCUT2D eigenvalue weighted by atomic mass is 16.4. The zero-order chi connectivity index (χ0) is 24.0. The Kier molecular flexibility index (Phi) is 9.83. The fourth-order valence-corrected chi connectivity index (χ4v) is 3.81. The molecule has 0 spiro atoms. The number of benzene rings is 3. The van der Waals surface area contributed by atoms with Crippen LogP contribution in [0.4, 0.5) is 0 Å². The Bertz CT molecular complexity index is 943. The largest absolute Gasteiger partial charge is 0.411 e. The molecule has 0 fully saturated rings. The van der Waals surface area contributed by atoms with E-state index in [-0.39, 0.29) is 0 Å². The van der Waals surface area contributed by atoms with Crippen molar-refractivity contribution in [2.45, 2.75) is 19.3 Å². The quantitative estimate of drug-likeness (QED) is 0.211. The van der Waals surface area contributed by atoms with E-state index in [1.54, 1.807) is 0 Å². The second-order valence-electron chi connectivity index (χ2n) is 8.13. The Morgan fingerprint density at radius 1 is 0.471 bits per heavy atom. The third-order valence-corrected chi connectivity index (χ3v) is 5.40. The molecule has 0 aliphatic heterocycles. The Balaban J connectivity index is 1.76. The van der Waals surface area contributed by atoms with Gasteiger partial charge >= 0.3 is 0 Å². The number of oxime groups is 3. The van der Waals surface area contributed by atoms with Crippen molar-refractivity contribution in [1.29, 1.82) is 0 Å². The van der Waals surface area contributed by atoms with E-state index >= 15 is 0 Å². The number of hydrogen-bond donors (Lipinski definition) is 3. The van der Waals surface area contributed by atoms with Crippen LogP contribution in [0.25, 0.3) is 0 Å². The van der Waals surface area contributed by atoms with Crippen molar-refractivity contribution in [3.63, 3.8) is 0 Å². The number of rotatable bonds is 12. The lowest BCUT2D eigenvalue weighted by atomic mass is 10.0. The Hall–Kier alpha value is -3.97.